The molecular weight excluding hydrogens is 304 g/mol. The highest BCUT2D eigenvalue weighted by Gasteiger charge is 2.30. The van der Waals surface area contributed by atoms with Gasteiger partial charge in [-0.1, -0.05) is 12.1 Å². The van der Waals surface area contributed by atoms with E-state index in [1.807, 2.05) is 0 Å². The number of nitrogens with zero attached hydrogens (tertiary/aromatic N) is 1. The number of hydrogen-bond donors (Lipinski definition) is 1. The molecular formula is C14H12F4N2O2. The van der Waals surface area contributed by atoms with E-state index in [9.17, 15) is 22.4 Å². The summed E-state index contributed by atoms with van der Waals surface area (Å²) in [6.07, 6.45) is -5.13. The van der Waals surface area contributed by atoms with Crippen molar-refractivity contribution in [3.8, 4) is 0 Å². The molecule has 0 fully saturated rings. The Hall–Kier alpha value is -2.38. The van der Waals surface area contributed by atoms with Gasteiger partial charge in [0.1, 0.15) is 5.76 Å². The van der Waals surface area contributed by atoms with Crippen LogP contribution < -0.4 is 5.32 Å². The molecule has 0 aliphatic carbocycles. The molecule has 8 heteroatoms. The van der Waals surface area contributed by atoms with Crippen molar-refractivity contribution in [1.82, 2.24) is 10.3 Å². The number of nitrogens with one attached hydrogen (secondary N) is 1. The smallest absolute Gasteiger partial charge is 0.416 e. The van der Waals surface area contributed by atoms with Crippen LogP contribution in [-0.4, -0.2) is 10.9 Å². The summed E-state index contributed by atoms with van der Waals surface area (Å²) in [7, 11) is 0. The van der Waals surface area contributed by atoms with Crippen molar-refractivity contribution in [3.05, 3.63) is 53.2 Å². The van der Waals surface area contributed by atoms with Crippen LogP contribution >= 0.6 is 0 Å². The Morgan fingerprint density at radius 2 is 1.95 bits per heavy atom. The fourth-order valence-corrected chi connectivity index (χ4v) is 1.73. The molecule has 1 aromatic heterocycles. The average Bonchev–Trinajstić information content (AvgIpc) is 2.89. The number of oxazole rings is 1. The van der Waals surface area contributed by atoms with Crippen molar-refractivity contribution in [2.45, 2.75) is 25.8 Å². The normalized spacial score (nSPS) is 13.0. The van der Waals surface area contributed by atoms with Crippen molar-refractivity contribution >= 4 is 5.91 Å². The van der Waals surface area contributed by atoms with Gasteiger partial charge in [0.25, 0.3) is 5.91 Å². The number of carbonyl (C=O) groups excluding carboxylic acids is 1. The van der Waals surface area contributed by atoms with E-state index in [1.165, 1.54) is 6.20 Å². The van der Waals surface area contributed by atoms with Gasteiger partial charge >= 0.3 is 6.18 Å². The van der Waals surface area contributed by atoms with Gasteiger partial charge in [-0.3, -0.25) is 4.79 Å². The molecule has 0 radical (unpaired) electrons. The first-order valence-electron chi connectivity index (χ1n) is 6.27. The minimum Gasteiger partial charge on any atom is -0.444 e. The topological polar surface area (TPSA) is 55.1 Å². The van der Waals surface area contributed by atoms with Gasteiger partial charge in [-0.2, -0.15) is 13.2 Å². The van der Waals surface area contributed by atoms with Gasteiger partial charge in [0.2, 0.25) is 12.1 Å². The highest BCUT2D eigenvalue weighted by atomic mass is 19.4. The lowest BCUT2D eigenvalue weighted by Crippen LogP contribution is -2.27. The number of aromatic nitrogens is 1. The number of aryl methyl sites for hydroxylation is 1. The zero-order chi connectivity index (χ0) is 16.3. The van der Waals surface area contributed by atoms with Crippen LogP contribution in [0.25, 0.3) is 0 Å². The van der Waals surface area contributed by atoms with Gasteiger partial charge in [-0.15, -0.1) is 0 Å². The van der Waals surface area contributed by atoms with E-state index >= 15 is 0 Å². The van der Waals surface area contributed by atoms with Crippen molar-refractivity contribution < 1.29 is 26.8 Å². The molecule has 0 saturated carbocycles. The second-order valence-electron chi connectivity index (χ2n) is 4.56. The molecule has 118 valence electrons. The number of rotatable bonds is 4. The fraction of sp³-hybridized carbons (Fsp3) is 0.286. The van der Waals surface area contributed by atoms with Gasteiger partial charge in [0, 0.05) is 0 Å². The van der Waals surface area contributed by atoms with Crippen LogP contribution in [0.2, 0.25) is 0 Å². The highest BCUT2D eigenvalue weighted by Crippen LogP contribution is 2.30. The maximum atomic E-state index is 13.9. The number of amides is 1. The fourth-order valence-electron chi connectivity index (χ4n) is 1.73. The van der Waals surface area contributed by atoms with Gasteiger partial charge in [0.15, 0.2) is 0 Å². The highest BCUT2D eigenvalue weighted by molar-refractivity contribution is 5.81. The SMILES string of the molecule is Cc1cnc(CNC(=O)C(F)c2ccc(C(F)(F)F)cc2)o1. The molecule has 1 unspecified atom stereocenters. The molecule has 0 spiro atoms. The first-order chi connectivity index (χ1) is 10.3. The third-order valence-electron chi connectivity index (χ3n) is 2.84. The summed E-state index contributed by atoms with van der Waals surface area (Å²) in [5, 5.41) is 2.26. The summed E-state index contributed by atoms with van der Waals surface area (Å²) in [5.41, 5.74) is -1.06. The Bertz CT molecular complexity index is 650. The van der Waals surface area contributed by atoms with Crippen molar-refractivity contribution in [1.29, 1.82) is 0 Å². The van der Waals surface area contributed by atoms with Gasteiger partial charge < -0.3 is 9.73 Å². The first kappa shape index (κ1) is 16.0. The molecule has 1 amide bonds. The van der Waals surface area contributed by atoms with Crippen molar-refractivity contribution in [3.63, 3.8) is 0 Å². The maximum absolute atomic E-state index is 13.9. The molecule has 1 N–H and O–H groups in total. The summed E-state index contributed by atoms with van der Waals surface area (Å²) in [6, 6.07) is 3.32. The quantitative estimate of drug-likeness (QED) is 0.880. The van der Waals surface area contributed by atoms with Crippen molar-refractivity contribution in [2.75, 3.05) is 0 Å². The molecule has 1 aromatic carbocycles. The van der Waals surface area contributed by atoms with Crippen molar-refractivity contribution in [2.24, 2.45) is 0 Å². The van der Waals surface area contributed by atoms with Crippen LogP contribution in [0.4, 0.5) is 17.6 Å². The molecule has 1 atom stereocenters. The van der Waals surface area contributed by atoms with Crippen LogP contribution in [0, 0.1) is 6.92 Å². The molecule has 2 aromatic rings. The molecule has 22 heavy (non-hydrogen) atoms. The Kier molecular flexibility index (Phi) is 4.48. The zero-order valence-corrected chi connectivity index (χ0v) is 11.4. The molecule has 1 heterocycles. The Morgan fingerprint density at radius 1 is 1.32 bits per heavy atom. The second-order valence-corrected chi connectivity index (χ2v) is 4.56. The largest absolute Gasteiger partial charge is 0.444 e. The molecule has 4 nitrogen and oxygen atoms in total. The number of alkyl halides is 4. The third-order valence-corrected chi connectivity index (χ3v) is 2.84. The van der Waals surface area contributed by atoms with E-state index in [1.54, 1.807) is 6.92 Å². The van der Waals surface area contributed by atoms with E-state index in [0.717, 1.165) is 24.3 Å². The maximum Gasteiger partial charge on any atom is 0.416 e. The summed E-state index contributed by atoms with van der Waals surface area (Å²) < 4.78 is 56.2. The van der Waals surface area contributed by atoms with Gasteiger partial charge in [-0.05, 0) is 24.6 Å². The summed E-state index contributed by atoms with van der Waals surface area (Å²) in [6.45, 7) is 1.56. The van der Waals surface area contributed by atoms with Crippen LogP contribution in [0.3, 0.4) is 0 Å². The van der Waals surface area contributed by atoms with E-state index in [4.69, 9.17) is 4.42 Å². The summed E-state index contributed by atoms with van der Waals surface area (Å²) in [5.74, 6) is -0.218. The van der Waals surface area contributed by atoms with Crippen LogP contribution in [0.15, 0.2) is 34.9 Å². The zero-order valence-electron chi connectivity index (χ0n) is 11.4. The molecule has 0 aliphatic heterocycles. The second kappa shape index (κ2) is 6.17. The lowest BCUT2D eigenvalue weighted by Gasteiger charge is -2.11. The molecule has 0 saturated heterocycles. The Balaban J connectivity index is 1.98. The lowest BCUT2D eigenvalue weighted by molar-refractivity contribution is -0.137. The van der Waals surface area contributed by atoms with Gasteiger partial charge in [0.05, 0.1) is 18.3 Å². The number of carbonyl (C=O) groups is 1. The number of halogens is 4. The van der Waals surface area contributed by atoms with E-state index in [2.05, 4.69) is 10.3 Å². The van der Waals surface area contributed by atoms with E-state index in [-0.39, 0.29) is 18.0 Å². The molecule has 0 bridgehead atoms. The first-order valence-corrected chi connectivity index (χ1v) is 6.27. The monoisotopic (exact) mass is 316 g/mol. The Morgan fingerprint density at radius 3 is 2.45 bits per heavy atom. The van der Waals surface area contributed by atoms with Crippen LogP contribution in [0.5, 0.6) is 0 Å². The summed E-state index contributed by atoms with van der Waals surface area (Å²) in [4.78, 5) is 15.5. The predicted molar refractivity (Wildman–Crippen MR) is 68.4 cm³/mol. The van der Waals surface area contributed by atoms with Crippen LogP contribution in [-0.2, 0) is 17.5 Å². The Labute approximate surface area is 123 Å². The van der Waals surface area contributed by atoms with Gasteiger partial charge in [-0.25, -0.2) is 9.37 Å². The number of hydrogen-bond acceptors (Lipinski definition) is 3. The predicted octanol–water partition coefficient (Wildman–Crippen LogP) is 3.33. The molecule has 2 rings (SSSR count). The molecule has 0 aliphatic rings. The minimum atomic E-state index is -4.50. The average molecular weight is 316 g/mol. The standard InChI is InChI=1S/C14H12F4N2O2/c1-8-6-19-11(22-8)7-20-13(21)12(15)9-2-4-10(5-3-9)14(16,17)18/h2-6,12H,7H2,1H3,(H,20,21). The lowest BCUT2D eigenvalue weighted by atomic mass is 10.1. The van der Waals surface area contributed by atoms with Crippen LogP contribution in [0.1, 0.15) is 28.9 Å². The third kappa shape index (κ3) is 3.84. The van der Waals surface area contributed by atoms with E-state index in [0.29, 0.717) is 5.76 Å². The summed E-state index contributed by atoms with van der Waals surface area (Å²) >= 11 is 0. The number of benzene rings is 1. The minimum absolute atomic E-state index is 0.103. The van der Waals surface area contributed by atoms with E-state index < -0.39 is 23.8 Å².